The van der Waals surface area contributed by atoms with Crippen LogP contribution in [0, 0.1) is 16.0 Å². The third kappa shape index (κ3) is 2.85. The Hall–Kier alpha value is -1.82. The highest BCUT2D eigenvalue weighted by Gasteiger charge is 2.28. The number of piperidine rings is 1. The zero-order valence-electron chi connectivity index (χ0n) is 11.9. The molecular weight excluding hydrogens is 258 g/mol. The minimum Gasteiger partial charge on any atom is -0.496 e. The van der Waals surface area contributed by atoms with Gasteiger partial charge in [-0.05, 0) is 18.8 Å². The van der Waals surface area contributed by atoms with Crippen LogP contribution in [-0.4, -0.2) is 31.2 Å². The maximum absolute atomic E-state index is 11.0. The molecule has 0 spiro atoms. The molecule has 20 heavy (non-hydrogen) atoms. The second-order valence-electron chi connectivity index (χ2n) is 5.26. The van der Waals surface area contributed by atoms with E-state index in [0.717, 1.165) is 25.1 Å². The van der Waals surface area contributed by atoms with Crippen molar-refractivity contribution >= 4 is 11.4 Å². The molecule has 2 rings (SSSR count). The van der Waals surface area contributed by atoms with E-state index < -0.39 is 4.92 Å². The van der Waals surface area contributed by atoms with Gasteiger partial charge in [0.1, 0.15) is 5.75 Å². The molecule has 0 aliphatic carbocycles. The topological polar surface area (TPSA) is 81.6 Å². The van der Waals surface area contributed by atoms with Crippen LogP contribution in [0.25, 0.3) is 0 Å². The number of methoxy groups -OCH3 is 1. The number of nitro benzene ring substituents is 1. The molecule has 1 aliphatic rings. The number of benzene rings is 1. The molecule has 6 nitrogen and oxygen atoms in total. The van der Waals surface area contributed by atoms with Crippen LogP contribution >= 0.6 is 0 Å². The molecule has 2 unspecified atom stereocenters. The van der Waals surface area contributed by atoms with E-state index in [1.165, 1.54) is 13.2 Å². The Labute approximate surface area is 118 Å². The van der Waals surface area contributed by atoms with Gasteiger partial charge >= 0.3 is 0 Å². The molecule has 0 aromatic heterocycles. The molecular formula is C14H21N3O3. The highest BCUT2D eigenvalue weighted by Crippen LogP contribution is 2.33. The summed E-state index contributed by atoms with van der Waals surface area (Å²) in [6, 6.07) is 5.10. The molecule has 6 heteroatoms. The summed E-state index contributed by atoms with van der Waals surface area (Å²) in [6.45, 7) is 3.60. The van der Waals surface area contributed by atoms with Gasteiger partial charge in [0.25, 0.3) is 5.69 Å². The number of non-ortho nitro benzene ring substituents is 1. The third-order valence-electron chi connectivity index (χ3n) is 4.01. The number of ether oxygens (including phenoxy) is 1. The average molecular weight is 279 g/mol. The highest BCUT2D eigenvalue weighted by molar-refractivity contribution is 5.59. The molecule has 1 fully saturated rings. The first-order chi connectivity index (χ1) is 9.56. The van der Waals surface area contributed by atoms with E-state index in [0.29, 0.717) is 18.2 Å². The maximum atomic E-state index is 11.0. The SMILES string of the molecule is COc1cc(N2CCCC(C)C2CN)cc([N+](=O)[O-])c1. The van der Waals surface area contributed by atoms with Crippen molar-refractivity contribution in [3.8, 4) is 5.75 Å². The minimum atomic E-state index is -0.392. The Morgan fingerprint density at radius 3 is 2.85 bits per heavy atom. The summed E-state index contributed by atoms with van der Waals surface area (Å²) in [5.41, 5.74) is 6.75. The van der Waals surface area contributed by atoms with Crippen LogP contribution in [0.15, 0.2) is 18.2 Å². The van der Waals surface area contributed by atoms with Gasteiger partial charge in [-0.1, -0.05) is 6.92 Å². The zero-order chi connectivity index (χ0) is 14.7. The van der Waals surface area contributed by atoms with E-state index in [-0.39, 0.29) is 11.7 Å². The van der Waals surface area contributed by atoms with E-state index in [1.807, 2.05) is 6.07 Å². The summed E-state index contributed by atoms with van der Waals surface area (Å²) < 4.78 is 5.17. The molecule has 110 valence electrons. The first kappa shape index (κ1) is 14.6. The number of nitro groups is 1. The second-order valence-corrected chi connectivity index (χ2v) is 5.26. The fourth-order valence-corrected chi connectivity index (χ4v) is 2.89. The lowest BCUT2D eigenvalue weighted by molar-refractivity contribution is -0.384. The van der Waals surface area contributed by atoms with Crippen molar-refractivity contribution in [2.45, 2.75) is 25.8 Å². The molecule has 0 amide bonds. The summed E-state index contributed by atoms with van der Waals surface area (Å²) in [7, 11) is 1.52. The van der Waals surface area contributed by atoms with Gasteiger partial charge in [-0.15, -0.1) is 0 Å². The minimum absolute atomic E-state index is 0.0494. The number of nitrogens with two attached hydrogens (primary N) is 1. The Balaban J connectivity index is 2.39. The second kappa shape index (κ2) is 6.09. The Kier molecular flexibility index (Phi) is 4.44. The van der Waals surface area contributed by atoms with Crippen molar-refractivity contribution < 1.29 is 9.66 Å². The predicted molar refractivity (Wildman–Crippen MR) is 78.2 cm³/mol. The third-order valence-corrected chi connectivity index (χ3v) is 4.01. The van der Waals surface area contributed by atoms with Crippen LogP contribution in [0.1, 0.15) is 19.8 Å². The lowest BCUT2D eigenvalue weighted by Crippen LogP contribution is -2.48. The van der Waals surface area contributed by atoms with E-state index in [2.05, 4.69) is 11.8 Å². The number of hydrogen-bond donors (Lipinski definition) is 1. The van der Waals surface area contributed by atoms with Gasteiger partial charge in [0, 0.05) is 37.0 Å². The summed E-state index contributed by atoms with van der Waals surface area (Å²) in [5, 5.41) is 11.0. The van der Waals surface area contributed by atoms with E-state index in [4.69, 9.17) is 10.5 Å². The largest absolute Gasteiger partial charge is 0.496 e. The Morgan fingerprint density at radius 1 is 1.50 bits per heavy atom. The van der Waals surface area contributed by atoms with E-state index >= 15 is 0 Å². The standard InChI is InChI=1S/C14H21N3O3/c1-10-4-3-5-16(14(10)9-15)11-6-12(17(18)19)8-13(7-11)20-2/h6-8,10,14H,3-5,9,15H2,1-2H3. The van der Waals surface area contributed by atoms with Crippen LogP contribution in [0.4, 0.5) is 11.4 Å². The molecule has 1 heterocycles. The normalized spacial score (nSPS) is 22.6. The van der Waals surface area contributed by atoms with Crippen molar-refractivity contribution in [3.63, 3.8) is 0 Å². The highest BCUT2D eigenvalue weighted by atomic mass is 16.6. The molecule has 1 aliphatic heterocycles. The van der Waals surface area contributed by atoms with Crippen molar-refractivity contribution in [1.82, 2.24) is 0 Å². The lowest BCUT2D eigenvalue weighted by Gasteiger charge is -2.41. The van der Waals surface area contributed by atoms with Gasteiger partial charge in [-0.25, -0.2) is 0 Å². The van der Waals surface area contributed by atoms with Gasteiger partial charge in [-0.2, -0.15) is 0 Å². The average Bonchev–Trinajstić information content (AvgIpc) is 2.46. The number of nitrogens with zero attached hydrogens (tertiary/aromatic N) is 2. The number of anilines is 1. The van der Waals surface area contributed by atoms with E-state index in [1.54, 1.807) is 6.07 Å². The monoisotopic (exact) mass is 279 g/mol. The maximum Gasteiger partial charge on any atom is 0.275 e. The van der Waals surface area contributed by atoms with Gasteiger partial charge in [0.05, 0.1) is 18.1 Å². The van der Waals surface area contributed by atoms with Crippen molar-refractivity contribution in [1.29, 1.82) is 0 Å². The molecule has 1 aromatic rings. The Morgan fingerprint density at radius 2 is 2.25 bits per heavy atom. The van der Waals surface area contributed by atoms with Gasteiger partial charge < -0.3 is 15.4 Å². The number of hydrogen-bond acceptors (Lipinski definition) is 5. The summed E-state index contributed by atoms with van der Waals surface area (Å²) in [5.74, 6) is 0.988. The molecule has 0 bridgehead atoms. The molecule has 1 saturated heterocycles. The Bertz CT molecular complexity index is 493. The van der Waals surface area contributed by atoms with Gasteiger partial charge in [0.15, 0.2) is 0 Å². The summed E-state index contributed by atoms with van der Waals surface area (Å²) in [4.78, 5) is 12.8. The zero-order valence-corrected chi connectivity index (χ0v) is 11.9. The smallest absolute Gasteiger partial charge is 0.275 e. The predicted octanol–water partition coefficient (Wildman–Crippen LogP) is 2.17. The van der Waals surface area contributed by atoms with Gasteiger partial charge in [-0.3, -0.25) is 10.1 Å². The number of rotatable bonds is 4. The quantitative estimate of drug-likeness (QED) is 0.674. The fraction of sp³-hybridized carbons (Fsp3) is 0.571. The van der Waals surface area contributed by atoms with Crippen molar-refractivity contribution in [2.24, 2.45) is 11.7 Å². The molecule has 0 radical (unpaired) electrons. The molecule has 1 aromatic carbocycles. The van der Waals surface area contributed by atoms with Gasteiger partial charge in [0.2, 0.25) is 0 Å². The fourth-order valence-electron chi connectivity index (χ4n) is 2.89. The first-order valence-corrected chi connectivity index (χ1v) is 6.87. The van der Waals surface area contributed by atoms with E-state index in [9.17, 15) is 10.1 Å². The lowest BCUT2D eigenvalue weighted by atomic mass is 9.90. The van der Waals surface area contributed by atoms with Crippen LogP contribution < -0.4 is 15.4 Å². The summed E-state index contributed by atoms with van der Waals surface area (Å²) >= 11 is 0. The van der Waals surface area contributed by atoms with Crippen LogP contribution in [0.2, 0.25) is 0 Å². The van der Waals surface area contributed by atoms with Crippen LogP contribution in [0.3, 0.4) is 0 Å². The first-order valence-electron chi connectivity index (χ1n) is 6.87. The molecule has 0 saturated carbocycles. The van der Waals surface area contributed by atoms with Crippen molar-refractivity contribution in [3.05, 3.63) is 28.3 Å². The summed E-state index contributed by atoms with van der Waals surface area (Å²) in [6.07, 6.45) is 2.22. The molecule has 2 N–H and O–H groups in total. The van der Waals surface area contributed by atoms with Crippen molar-refractivity contribution in [2.75, 3.05) is 25.1 Å². The molecule has 2 atom stereocenters. The van der Waals surface area contributed by atoms with Crippen LogP contribution in [-0.2, 0) is 0 Å². The van der Waals surface area contributed by atoms with Crippen LogP contribution in [0.5, 0.6) is 5.75 Å².